The molecule has 1 aliphatic rings. The predicted molar refractivity (Wildman–Crippen MR) is 112 cm³/mol. The summed E-state index contributed by atoms with van der Waals surface area (Å²) in [7, 11) is 0. The fourth-order valence-electron chi connectivity index (χ4n) is 3.28. The highest BCUT2D eigenvalue weighted by Gasteiger charge is 2.17. The maximum Gasteiger partial charge on any atom is 0.326 e. The van der Waals surface area contributed by atoms with Crippen LogP contribution in [0.15, 0.2) is 46.0 Å². The number of aromatic amines is 2. The van der Waals surface area contributed by atoms with Crippen LogP contribution in [0.5, 0.6) is 0 Å². The molecule has 0 atom stereocenters. The highest BCUT2D eigenvalue weighted by atomic mass is 19.1. The largest absolute Gasteiger partial charge is 0.381 e. The zero-order valence-electron chi connectivity index (χ0n) is 17.1. The van der Waals surface area contributed by atoms with Crippen molar-refractivity contribution in [3.05, 3.63) is 80.3 Å². The molecular formula is C22H22F3N3O4. The van der Waals surface area contributed by atoms with E-state index < -0.39 is 28.7 Å². The molecule has 0 radical (unpaired) electrons. The maximum absolute atomic E-state index is 13.4. The van der Waals surface area contributed by atoms with Crippen LogP contribution in [0.25, 0.3) is 10.9 Å². The highest BCUT2D eigenvalue weighted by molar-refractivity contribution is 5.77. The molecule has 1 aliphatic heterocycles. The number of amides is 1. The number of hydrogen-bond donors (Lipinski definition) is 3. The van der Waals surface area contributed by atoms with Crippen molar-refractivity contribution in [2.45, 2.75) is 25.8 Å². The van der Waals surface area contributed by atoms with Gasteiger partial charge in [-0.05, 0) is 43.0 Å². The maximum atomic E-state index is 13.4. The van der Waals surface area contributed by atoms with E-state index in [4.69, 9.17) is 4.74 Å². The van der Waals surface area contributed by atoms with Gasteiger partial charge in [0.25, 0.3) is 5.56 Å². The van der Waals surface area contributed by atoms with Crippen LogP contribution >= 0.6 is 0 Å². The lowest BCUT2D eigenvalue weighted by Gasteiger charge is -2.21. The molecule has 4 rings (SSSR count). The summed E-state index contributed by atoms with van der Waals surface area (Å²) in [6, 6.07) is 6.95. The summed E-state index contributed by atoms with van der Waals surface area (Å²) in [4.78, 5) is 38.0. The third-order valence-electron chi connectivity index (χ3n) is 5.01. The molecule has 1 saturated heterocycles. The predicted octanol–water partition coefficient (Wildman–Crippen LogP) is 2.75. The van der Waals surface area contributed by atoms with Gasteiger partial charge in [0.15, 0.2) is 0 Å². The molecule has 0 saturated carbocycles. The molecule has 1 amide bonds. The second-order valence-corrected chi connectivity index (χ2v) is 7.37. The number of ether oxygens (including phenoxy) is 1. The molecule has 10 heteroatoms. The minimum atomic E-state index is -0.633. The van der Waals surface area contributed by atoms with E-state index >= 15 is 0 Å². The monoisotopic (exact) mass is 449 g/mol. The van der Waals surface area contributed by atoms with E-state index in [-0.39, 0.29) is 17.8 Å². The average molecular weight is 449 g/mol. The zero-order chi connectivity index (χ0) is 23.1. The molecule has 170 valence electrons. The van der Waals surface area contributed by atoms with E-state index in [1.54, 1.807) is 0 Å². The van der Waals surface area contributed by atoms with E-state index in [1.165, 1.54) is 24.3 Å². The van der Waals surface area contributed by atoms with Crippen molar-refractivity contribution in [3.63, 3.8) is 0 Å². The average Bonchev–Trinajstić information content (AvgIpc) is 2.75. The molecule has 1 fully saturated rings. The van der Waals surface area contributed by atoms with Crippen LogP contribution in [0.1, 0.15) is 24.8 Å². The minimum Gasteiger partial charge on any atom is -0.381 e. The lowest BCUT2D eigenvalue weighted by atomic mass is 9.96. The van der Waals surface area contributed by atoms with Crippen LogP contribution in [0.4, 0.5) is 13.2 Å². The van der Waals surface area contributed by atoms with Gasteiger partial charge >= 0.3 is 5.69 Å². The van der Waals surface area contributed by atoms with Crippen molar-refractivity contribution in [2.75, 3.05) is 13.2 Å². The highest BCUT2D eigenvalue weighted by Crippen LogP contribution is 2.18. The van der Waals surface area contributed by atoms with Gasteiger partial charge in [0.2, 0.25) is 5.91 Å². The first-order chi connectivity index (χ1) is 15.3. The van der Waals surface area contributed by atoms with Crippen LogP contribution < -0.4 is 16.6 Å². The number of H-pyrrole nitrogens is 2. The van der Waals surface area contributed by atoms with Gasteiger partial charge in [0.05, 0.1) is 10.9 Å². The lowest BCUT2D eigenvalue weighted by Crippen LogP contribution is -2.27. The molecule has 2 heterocycles. The van der Waals surface area contributed by atoms with Crippen molar-refractivity contribution >= 4 is 16.8 Å². The Balaban J connectivity index is 0.000000193. The Morgan fingerprint density at radius 3 is 2.41 bits per heavy atom. The second-order valence-electron chi connectivity index (χ2n) is 7.37. The molecule has 1 aromatic heterocycles. The van der Waals surface area contributed by atoms with Crippen molar-refractivity contribution < 1.29 is 22.7 Å². The molecule has 0 spiro atoms. The smallest absolute Gasteiger partial charge is 0.326 e. The first-order valence-corrected chi connectivity index (χ1v) is 10.0. The Kier molecular flexibility index (Phi) is 7.82. The Labute approximate surface area is 180 Å². The summed E-state index contributed by atoms with van der Waals surface area (Å²) in [6.07, 6.45) is 2.21. The number of aromatic nitrogens is 2. The fraction of sp³-hybridized carbons (Fsp3) is 0.318. The third-order valence-corrected chi connectivity index (χ3v) is 5.01. The number of benzene rings is 2. The number of rotatable bonds is 4. The summed E-state index contributed by atoms with van der Waals surface area (Å²) in [6.45, 7) is 1.49. The number of carbonyl (C=O) groups excluding carboxylic acids is 1. The van der Waals surface area contributed by atoms with E-state index in [0.717, 1.165) is 25.0 Å². The van der Waals surface area contributed by atoms with Gasteiger partial charge in [-0.15, -0.1) is 0 Å². The van der Waals surface area contributed by atoms with E-state index in [0.29, 0.717) is 36.6 Å². The molecule has 3 N–H and O–H groups in total. The van der Waals surface area contributed by atoms with Crippen molar-refractivity contribution in [1.29, 1.82) is 0 Å². The zero-order valence-corrected chi connectivity index (χ0v) is 17.1. The molecule has 0 unspecified atom stereocenters. The summed E-state index contributed by atoms with van der Waals surface area (Å²) in [5, 5.41) is 2.80. The van der Waals surface area contributed by atoms with E-state index in [9.17, 15) is 27.6 Å². The number of hydrogen-bond acceptors (Lipinski definition) is 4. The summed E-state index contributed by atoms with van der Waals surface area (Å²) < 4.78 is 44.0. The summed E-state index contributed by atoms with van der Waals surface area (Å²) >= 11 is 0. The van der Waals surface area contributed by atoms with Crippen molar-refractivity contribution in [3.8, 4) is 0 Å². The first kappa shape index (κ1) is 23.3. The normalized spacial score (nSPS) is 14.0. The van der Waals surface area contributed by atoms with E-state index in [1.807, 2.05) is 4.98 Å². The van der Waals surface area contributed by atoms with Gasteiger partial charge in [-0.25, -0.2) is 18.0 Å². The fourth-order valence-corrected chi connectivity index (χ4v) is 3.28. The molecule has 3 aromatic rings. The molecular weight excluding hydrogens is 427 g/mol. The first-order valence-electron chi connectivity index (χ1n) is 10.0. The second kappa shape index (κ2) is 10.8. The summed E-state index contributed by atoms with van der Waals surface area (Å²) in [5.41, 5.74) is -0.556. The van der Waals surface area contributed by atoms with Gasteiger partial charge < -0.3 is 15.0 Å². The number of nitrogens with one attached hydrogen (secondary N) is 3. The van der Waals surface area contributed by atoms with Gasteiger partial charge in [-0.3, -0.25) is 14.6 Å². The Morgan fingerprint density at radius 2 is 1.69 bits per heavy atom. The van der Waals surface area contributed by atoms with E-state index in [2.05, 4.69) is 10.3 Å². The SMILES string of the molecule is O=C(CC1CCOCC1)NCc1ccc(F)cc1F.O=c1[nH]c(=O)c2cc(F)ccc2[nH]1. The Hall–Kier alpha value is -3.40. The molecule has 0 bridgehead atoms. The molecule has 7 nitrogen and oxygen atoms in total. The van der Waals surface area contributed by atoms with Gasteiger partial charge in [-0.2, -0.15) is 0 Å². The quantitative estimate of drug-likeness (QED) is 0.570. The standard InChI is InChI=1S/C14H17F2NO2.C8H5FN2O2/c15-12-2-1-11(13(16)8-12)9-17-14(18)7-10-3-5-19-6-4-10;9-4-1-2-6-5(3-4)7(12)11-8(13)10-6/h1-2,8,10H,3-7,9H2,(H,17,18);1-3H,(H2,10,11,12,13). The number of carbonyl (C=O) groups is 1. The van der Waals surface area contributed by atoms with Crippen LogP contribution in [0.3, 0.4) is 0 Å². The topological polar surface area (TPSA) is 104 Å². The molecule has 0 aliphatic carbocycles. The van der Waals surface area contributed by atoms with Gasteiger partial charge in [0.1, 0.15) is 17.5 Å². The molecule has 2 aromatic carbocycles. The number of fused-ring (bicyclic) bond motifs is 1. The Bertz CT molecular complexity index is 1200. The van der Waals surface area contributed by atoms with Crippen molar-refractivity contribution in [2.24, 2.45) is 5.92 Å². The van der Waals surface area contributed by atoms with Crippen LogP contribution in [-0.4, -0.2) is 29.1 Å². The third kappa shape index (κ3) is 6.55. The number of halogens is 3. The van der Waals surface area contributed by atoms with Crippen LogP contribution in [-0.2, 0) is 16.1 Å². The van der Waals surface area contributed by atoms with Gasteiger partial charge in [0, 0.05) is 37.8 Å². The van der Waals surface area contributed by atoms with Gasteiger partial charge in [-0.1, -0.05) is 6.07 Å². The Morgan fingerprint density at radius 1 is 1.00 bits per heavy atom. The lowest BCUT2D eigenvalue weighted by molar-refractivity contribution is -0.122. The summed E-state index contributed by atoms with van der Waals surface area (Å²) in [5.74, 6) is -1.52. The van der Waals surface area contributed by atoms with Crippen LogP contribution in [0, 0.1) is 23.4 Å². The molecule has 32 heavy (non-hydrogen) atoms. The minimum absolute atomic E-state index is 0.0914. The van der Waals surface area contributed by atoms with Crippen molar-refractivity contribution in [1.82, 2.24) is 15.3 Å². The van der Waals surface area contributed by atoms with Crippen LogP contribution in [0.2, 0.25) is 0 Å².